The molecule has 0 radical (unpaired) electrons. The van der Waals surface area contributed by atoms with Crippen molar-refractivity contribution in [3.05, 3.63) is 89.4 Å². The number of benzene rings is 2. The third-order valence-corrected chi connectivity index (χ3v) is 5.79. The van der Waals surface area contributed by atoms with Crippen LogP contribution in [0.5, 0.6) is 0 Å². The van der Waals surface area contributed by atoms with Crippen LogP contribution in [0.3, 0.4) is 0 Å². The van der Waals surface area contributed by atoms with Gasteiger partial charge in [-0.05, 0) is 60.4 Å². The Kier molecular flexibility index (Phi) is 5.94. The summed E-state index contributed by atoms with van der Waals surface area (Å²) in [5, 5.41) is 15.7. The molecule has 156 valence electrons. The lowest BCUT2D eigenvalue weighted by Gasteiger charge is -2.21. The van der Waals surface area contributed by atoms with Gasteiger partial charge in [0.1, 0.15) is 11.6 Å². The number of amides is 1. The molecule has 1 heterocycles. The summed E-state index contributed by atoms with van der Waals surface area (Å²) in [5.74, 6) is -0.116. The van der Waals surface area contributed by atoms with E-state index in [1.807, 2.05) is 24.3 Å². The van der Waals surface area contributed by atoms with E-state index in [0.29, 0.717) is 23.6 Å². The van der Waals surface area contributed by atoms with Crippen LogP contribution < -0.4 is 10.6 Å². The summed E-state index contributed by atoms with van der Waals surface area (Å²) in [6, 6.07) is 19.6. The van der Waals surface area contributed by atoms with Gasteiger partial charge in [-0.1, -0.05) is 37.1 Å². The molecular weight excluding hydrogens is 391 g/mol. The van der Waals surface area contributed by atoms with Crippen LogP contribution in [0, 0.1) is 17.1 Å². The van der Waals surface area contributed by atoms with Gasteiger partial charge < -0.3 is 10.6 Å². The summed E-state index contributed by atoms with van der Waals surface area (Å²) in [7, 11) is 0. The minimum Gasteiger partial charge on any atom is -0.365 e. The quantitative estimate of drug-likeness (QED) is 0.565. The van der Waals surface area contributed by atoms with E-state index in [1.54, 1.807) is 30.5 Å². The molecule has 0 unspecified atom stereocenters. The van der Waals surface area contributed by atoms with Crippen LogP contribution in [-0.2, 0) is 12.0 Å². The molecule has 1 amide bonds. The summed E-state index contributed by atoms with van der Waals surface area (Å²) in [6.45, 7) is 0.419. The molecule has 0 aliphatic heterocycles. The Hall–Kier alpha value is -3.72. The normalized spacial score (nSPS) is 14.6. The first-order chi connectivity index (χ1) is 15.1. The molecule has 6 heteroatoms. The maximum Gasteiger partial charge on any atom is 0.259 e. The van der Waals surface area contributed by atoms with E-state index < -0.39 is 5.41 Å². The fraction of sp³-hybridized carbons (Fsp3) is 0.240. The van der Waals surface area contributed by atoms with E-state index in [0.717, 1.165) is 36.8 Å². The van der Waals surface area contributed by atoms with Crippen molar-refractivity contribution in [2.75, 3.05) is 10.6 Å². The second-order valence-electron chi connectivity index (χ2n) is 7.81. The molecule has 1 saturated carbocycles. The number of carbonyl (C=O) groups excluding carboxylic acids is 1. The van der Waals surface area contributed by atoms with Crippen molar-refractivity contribution in [3.8, 4) is 6.07 Å². The predicted molar refractivity (Wildman–Crippen MR) is 118 cm³/mol. The molecule has 4 rings (SSSR count). The summed E-state index contributed by atoms with van der Waals surface area (Å²) >= 11 is 0. The van der Waals surface area contributed by atoms with Gasteiger partial charge in [0.25, 0.3) is 5.91 Å². The fourth-order valence-electron chi connectivity index (χ4n) is 4.03. The second-order valence-corrected chi connectivity index (χ2v) is 7.81. The third-order valence-electron chi connectivity index (χ3n) is 5.79. The highest BCUT2D eigenvalue weighted by atomic mass is 19.1. The second kappa shape index (κ2) is 8.97. The van der Waals surface area contributed by atoms with E-state index in [2.05, 4.69) is 21.7 Å². The predicted octanol–water partition coefficient (Wildman–Crippen LogP) is 5.42. The zero-order valence-electron chi connectivity index (χ0n) is 17.1. The average Bonchev–Trinajstić information content (AvgIpc) is 3.30. The van der Waals surface area contributed by atoms with Gasteiger partial charge in [-0.25, -0.2) is 9.37 Å². The number of pyridine rings is 1. The van der Waals surface area contributed by atoms with E-state index in [4.69, 9.17) is 0 Å². The van der Waals surface area contributed by atoms with E-state index in [9.17, 15) is 14.4 Å². The summed E-state index contributed by atoms with van der Waals surface area (Å²) in [4.78, 5) is 17.1. The van der Waals surface area contributed by atoms with E-state index in [-0.39, 0.29) is 11.7 Å². The van der Waals surface area contributed by atoms with Crippen molar-refractivity contribution in [1.82, 2.24) is 4.98 Å². The number of hydrogen-bond donors (Lipinski definition) is 2. The van der Waals surface area contributed by atoms with Crippen LogP contribution in [0.2, 0.25) is 0 Å². The minimum absolute atomic E-state index is 0.279. The van der Waals surface area contributed by atoms with Crippen LogP contribution in [0.25, 0.3) is 0 Å². The Morgan fingerprint density at radius 2 is 1.77 bits per heavy atom. The highest BCUT2D eigenvalue weighted by Gasteiger charge is 2.35. The Balaban J connectivity index is 1.45. The van der Waals surface area contributed by atoms with Crippen molar-refractivity contribution >= 4 is 17.4 Å². The van der Waals surface area contributed by atoms with Crippen LogP contribution >= 0.6 is 0 Å². The van der Waals surface area contributed by atoms with Gasteiger partial charge in [-0.15, -0.1) is 0 Å². The van der Waals surface area contributed by atoms with Crippen LogP contribution in [0.4, 0.5) is 15.9 Å². The average molecular weight is 414 g/mol. The topological polar surface area (TPSA) is 77.8 Å². The zero-order valence-corrected chi connectivity index (χ0v) is 17.1. The number of nitrogens with one attached hydrogen (secondary N) is 2. The lowest BCUT2D eigenvalue weighted by atomic mass is 9.80. The molecule has 2 N–H and O–H groups in total. The Morgan fingerprint density at radius 3 is 2.45 bits per heavy atom. The number of rotatable bonds is 6. The maximum absolute atomic E-state index is 13.1. The number of halogens is 1. The largest absolute Gasteiger partial charge is 0.365 e. The molecule has 1 fully saturated rings. The molecule has 1 aromatic heterocycles. The standard InChI is InChI=1S/C25H23FN4O/c26-20-9-5-18(6-10-20)16-29-23-22(4-3-15-28-23)24(31)30-21-11-7-19(8-12-21)25(17-27)13-1-2-14-25/h3-12,15H,1-2,13-14,16H2,(H,28,29)(H,30,31). The Labute approximate surface area is 180 Å². The van der Waals surface area contributed by atoms with Gasteiger partial charge >= 0.3 is 0 Å². The van der Waals surface area contributed by atoms with Gasteiger partial charge in [0.15, 0.2) is 0 Å². The SMILES string of the molecule is N#CC1(c2ccc(NC(=O)c3cccnc3NCc3ccc(F)cc3)cc2)CCCC1. The maximum atomic E-state index is 13.1. The molecule has 3 aromatic rings. The van der Waals surface area contributed by atoms with Crippen molar-refractivity contribution in [2.45, 2.75) is 37.6 Å². The Morgan fingerprint density at radius 1 is 1.06 bits per heavy atom. The Bertz CT molecular complexity index is 1100. The molecule has 2 aromatic carbocycles. The lowest BCUT2D eigenvalue weighted by Crippen LogP contribution is -2.19. The number of carbonyl (C=O) groups is 1. The number of nitrogens with zero attached hydrogens (tertiary/aromatic N) is 2. The zero-order chi connectivity index (χ0) is 21.7. The summed E-state index contributed by atoms with van der Waals surface area (Å²) in [6.07, 6.45) is 5.52. The molecule has 1 aliphatic carbocycles. The molecule has 0 saturated heterocycles. The molecule has 1 aliphatic rings. The number of aromatic nitrogens is 1. The molecule has 5 nitrogen and oxygen atoms in total. The number of hydrogen-bond acceptors (Lipinski definition) is 4. The fourth-order valence-corrected chi connectivity index (χ4v) is 4.03. The molecule has 0 bridgehead atoms. The first kappa shape index (κ1) is 20.5. The summed E-state index contributed by atoms with van der Waals surface area (Å²) < 4.78 is 13.1. The summed E-state index contributed by atoms with van der Waals surface area (Å²) in [5.41, 5.74) is 2.57. The monoisotopic (exact) mass is 414 g/mol. The number of anilines is 2. The highest BCUT2D eigenvalue weighted by molar-refractivity contribution is 6.07. The van der Waals surface area contributed by atoms with Crippen molar-refractivity contribution in [2.24, 2.45) is 0 Å². The smallest absolute Gasteiger partial charge is 0.259 e. The van der Waals surface area contributed by atoms with Gasteiger partial charge in [-0.3, -0.25) is 4.79 Å². The van der Waals surface area contributed by atoms with E-state index in [1.165, 1.54) is 12.1 Å². The van der Waals surface area contributed by atoms with E-state index >= 15 is 0 Å². The number of nitriles is 1. The van der Waals surface area contributed by atoms with Crippen LogP contribution in [0.1, 0.15) is 47.2 Å². The van der Waals surface area contributed by atoms with Gasteiger partial charge in [-0.2, -0.15) is 5.26 Å². The molecule has 0 atom stereocenters. The highest BCUT2D eigenvalue weighted by Crippen LogP contribution is 2.40. The van der Waals surface area contributed by atoms with Crippen molar-refractivity contribution in [1.29, 1.82) is 5.26 Å². The van der Waals surface area contributed by atoms with Gasteiger partial charge in [0, 0.05) is 18.4 Å². The third kappa shape index (κ3) is 4.56. The first-order valence-electron chi connectivity index (χ1n) is 10.4. The van der Waals surface area contributed by atoms with Crippen LogP contribution in [-0.4, -0.2) is 10.9 Å². The lowest BCUT2D eigenvalue weighted by molar-refractivity contribution is 0.102. The molecule has 0 spiro atoms. The first-order valence-corrected chi connectivity index (χ1v) is 10.4. The van der Waals surface area contributed by atoms with Gasteiger partial charge in [0.05, 0.1) is 17.0 Å². The van der Waals surface area contributed by atoms with Crippen molar-refractivity contribution < 1.29 is 9.18 Å². The van der Waals surface area contributed by atoms with Gasteiger partial charge in [0.2, 0.25) is 0 Å². The molecule has 31 heavy (non-hydrogen) atoms. The minimum atomic E-state index is -0.399. The van der Waals surface area contributed by atoms with Crippen molar-refractivity contribution in [3.63, 3.8) is 0 Å². The molecular formula is C25H23FN4O. The van der Waals surface area contributed by atoms with Crippen LogP contribution in [0.15, 0.2) is 66.9 Å².